The number of hydrogen-bond acceptors (Lipinski definition) is 5. The van der Waals surface area contributed by atoms with Crippen LogP contribution in [0.1, 0.15) is 31.4 Å². The first-order valence-corrected chi connectivity index (χ1v) is 8.60. The van der Waals surface area contributed by atoms with E-state index in [0.717, 1.165) is 35.1 Å². The minimum atomic E-state index is 0. The van der Waals surface area contributed by atoms with Crippen molar-refractivity contribution in [2.75, 3.05) is 7.05 Å². The summed E-state index contributed by atoms with van der Waals surface area (Å²) in [5.74, 6) is 0.749. The van der Waals surface area contributed by atoms with Crippen LogP contribution in [0.4, 0.5) is 0 Å². The van der Waals surface area contributed by atoms with Gasteiger partial charge >= 0.3 is 0 Å². The summed E-state index contributed by atoms with van der Waals surface area (Å²) < 4.78 is 5.61. The number of nitrogens with one attached hydrogen (secondary N) is 1. The minimum absolute atomic E-state index is 0. The van der Waals surface area contributed by atoms with E-state index in [1.165, 1.54) is 25.7 Å². The largest absolute Gasteiger partial charge is 0.444 e. The molecule has 4 nitrogen and oxygen atoms in total. The first kappa shape index (κ1) is 18.7. The number of oxazole rings is 1. The van der Waals surface area contributed by atoms with Crippen molar-refractivity contribution in [2.45, 2.75) is 50.4 Å². The molecule has 0 spiro atoms. The van der Waals surface area contributed by atoms with Gasteiger partial charge in [0.15, 0.2) is 0 Å². The molecule has 2 fully saturated rings. The average molecular weight is 376 g/mol. The molecular weight excluding hydrogens is 353 g/mol. The summed E-state index contributed by atoms with van der Waals surface area (Å²) >= 11 is 1.67. The Kier molecular flexibility index (Phi) is 6.51. The van der Waals surface area contributed by atoms with Gasteiger partial charge in [-0.05, 0) is 44.2 Å². The zero-order chi connectivity index (χ0) is 14.2. The maximum atomic E-state index is 5.61. The lowest BCUT2D eigenvalue weighted by Gasteiger charge is -2.35. The number of nitrogens with zero attached hydrogens (tertiary/aromatic N) is 2. The van der Waals surface area contributed by atoms with Crippen LogP contribution in [0.3, 0.4) is 0 Å². The molecule has 7 heteroatoms. The van der Waals surface area contributed by atoms with Crippen molar-refractivity contribution in [3.8, 4) is 10.8 Å². The van der Waals surface area contributed by atoms with Gasteiger partial charge in [0.1, 0.15) is 6.26 Å². The highest BCUT2D eigenvalue weighted by Crippen LogP contribution is 2.30. The van der Waals surface area contributed by atoms with E-state index in [0.29, 0.717) is 6.04 Å². The number of aromatic nitrogens is 1. The molecule has 0 aromatic carbocycles. The van der Waals surface area contributed by atoms with Crippen LogP contribution in [0, 0.1) is 0 Å². The summed E-state index contributed by atoms with van der Waals surface area (Å²) in [4.78, 5) is 8.18. The monoisotopic (exact) mass is 375 g/mol. The Labute approximate surface area is 153 Å². The normalized spacial score (nSPS) is 25.9. The predicted octanol–water partition coefficient (Wildman–Crippen LogP) is 3.96. The zero-order valence-corrected chi connectivity index (χ0v) is 15.6. The number of hydrogen-bond donors (Lipinski definition) is 1. The quantitative estimate of drug-likeness (QED) is 0.877. The van der Waals surface area contributed by atoms with Crippen LogP contribution >= 0.6 is 36.2 Å². The molecule has 2 aliphatic heterocycles. The highest BCUT2D eigenvalue weighted by molar-refractivity contribution is 7.13. The lowest BCUT2D eigenvalue weighted by atomic mass is 9.98. The maximum absolute atomic E-state index is 5.61. The van der Waals surface area contributed by atoms with Crippen LogP contribution in [0.2, 0.25) is 0 Å². The first-order valence-electron chi connectivity index (χ1n) is 7.72. The summed E-state index contributed by atoms with van der Waals surface area (Å²) in [5, 5.41) is 5.75. The zero-order valence-electron chi connectivity index (χ0n) is 13.1. The van der Waals surface area contributed by atoms with Gasteiger partial charge < -0.3 is 9.73 Å². The molecule has 1 N–H and O–H groups in total. The van der Waals surface area contributed by atoms with E-state index in [2.05, 4.69) is 33.7 Å². The van der Waals surface area contributed by atoms with Crippen molar-refractivity contribution in [1.82, 2.24) is 15.2 Å². The minimum Gasteiger partial charge on any atom is -0.444 e. The molecule has 0 saturated carbocycles. The van der Waals surface area contributed by atoms with Crippen molar-refractivity contribution in [3.05, 3.63) is 29.5 Å². The number of rotatable bonds is 4. The van der Waals surface area contributed by atoms with E-state index in [-0.39, 0.29) is 24.8 Å². The second-order valence-corrected chi connectivity index (χ2v) is 7.25. The SMILES string of the molecule is CN(Cc1coc(-c2cccs2)n1)C1CC2CCC(C1)N2.Cl.Cl. The highest BCUT2D eigenvalue weighted by Gasteiger charge is 2.35. The van der Waals surface area contributed by atoms with E-state index < -0.39 is 0 Å². The van der Waals surface area contributed by atoms with Crippen molar-refractivity contribution in [2.24, 2.45) is 0 Å². The van der Waals surface area contributed by atoms with Crippen LogP contribution in [0.15, 0.2) is 28.2 Å². The predicted molar refractivity (Wildman–Crippen MR) is 98.7 cm³/mol. The number of piperidine rings is 1. The number of thiophene rings is 1. The summed E-state index contributed by atoms with van der Waals surface area (Å²) in [6.07, 6.45) is 7.04. The van der Waals surface area contributed by atoms with Crippen molar-refractivity contribution >= 4 is 36.2 Å². The van der Waals surface area contributed by atoms with Crippen molar-refractivity contribution in [3.63, 3.8) is 0 Å². The summed E-state index contributed by atoms with van der Waals surface area (Å²) in [6.45, 7) is 0.874. The highest BCUT2D eigenvalue weighted by atomic mass is 35.5. The Hall–Kier alpha value is -0.590. The van der Waals surface area contributed by atoms with E-state index in [1.54, 1.807) is 17.6 Å². The Morgan fingerprint density at radius 1 is 1.30 bits per heavy atom. The van der Waals surface area contributed by atoms with E-state index >= 15 is 0 Å². The first-order chi connectivity index (χ1) is 10.3. The Balaban J connectivity index is 0.000000960. The van der Waals surface area contributed by atoms with Gasteiger partial charge in [0.25, 0.3) is 0 Å². The van der Waals surface area contributed by atoms with Gasteiger partial charge in [-0.25, -0.2) is 4.98 Å². The molecule has 128 valence electrons. The standard InChI is InChI=1S/C16H21N3OS.2ClH/c1-19(14-7-11-4-5-12(8-14)17-11)9-13-10-20-16(18-13)15-3-2-6-21-15;;/h2-3,6,10-12,14,17H,4-5,7-9H2,1H3;2*1H. The summed E-state index contributed by atoms with van der Waals surface area (Å²) in [5.41, 5.74) is 1.03. The second-order valence-electron chi connectivity index (χ2n) is 6.30. The molecule has 2 atom stereocenters. The average Bonchev–Trinajstić information content (AvgIpc) is 3.20. The van der Waals surface area contributed by atoms with Crippen LogP contribution in [0.25, 0.3) is 10.8 Å². The number of fused-ring (bicyclic) bond motifs is 2. The molecule has 0 amide bonds. The molecule has 4 rings (SSSR count). The van der Waals surface area contributed by atoms with Gasteiger partial charge in [-0.3, -0.25) is 4.90 Å². The van der Waals surface area contributed by atoms with E-state index in [4.69, 9.17) is 4.42 Å². The molecular formula is C16H23Cl2N3OS. The molecule has 2 aliphatic rings. The molecule has 23 heavy (non-hydrogen) atoms. The molecule has 2 unspecified atom stereocenters. The number of halogens is 2. The maximum Gasteiger partial charge on any atom is 0.236 e. The topological polar surface area (TPSA) is 41.3 Å². The third-order valence-corrected chi connectivity index (χ3v) is 5.62. The van der Waals surface area contributed by atoms with Gasteiger partial charge in [0, 0.05) is 24.7 Å². The molecule has 2 saturated heterocycles. The Bertz CT molecular complexity index is 592. The third kappa shape index (κ3) is 4.09. The Morgan fingerprint density at radius 3 is 2.70 bits per heavy atom. The molecule has 2 aromatic heterocycles. The lowest BCUT2D eigenvalue weighted by molar-refractivity contribution is 0.164. The summed E-state index contributed by atoms with van der Waals surface area (Å²) in [6, 6.07) is 6.21. The third-order valence-electron chi connectivity index (χ3n) is 4.77. The fraction of sp³-hybridized carbons (Fsp3) is 0.562. The molecule has 0 radical (unpaired) electrons. The van der Waals surface area contributed by atoms with Crippen LogP contribution in [-0.4, -0.2) is 35.1 Å². The molecule has 2 aromatic rings. The van der Waals surface area contributed by atoms with Crippen molar-refractivity contribution < 1.29 is 4.42 Å². The smallest absolute Gasteiger partial charge is 0.236 e. The van der Waals surface area contributed by atoms with E-state index in [9.17, 15) is 0 Å². The molecule has 0 aliphatic carbocycles. The van der Waals surface area contributed by atoms with Gasteiger partial charge in [-0.15, -0.1) is 36.2 Å². The lowest BCUT2D eigenvalue weighted by Crippen LogP contribution is -2.46. The van der Waals surface area contributed by atoms with Gasteiger partial charge in [0.2, 0.25) is 5.89 Å². The second kappa shape index (κ2) is 7.99. The van der Waals surface area contributed by atoms with Gasteiger partial charge in [-0.1, -0.05) is 6.07 Å². The Morgan fingerprint density at radius 2 is 2.04 bits per heavy atom. The van der Waals surface area contributed by atoms with Crippen LogP contribution < -0.4 is 5.32 Å². The molecule has 2 bridgehead atoms. The van der Waals surface area contributed by atoms with Gasteiger partial charge in [-0.2, -0.15) is 0 Å². The van der Waals surface area contributed by atoms with E-state index in [1.807, 2.05) is 6.07 Å². The van der Waals surface area contributed by atoms with Crippen molar-refractivity contribution in [1.29, 1.82) is 0 Å². The molecule has 4 heterocycles. The van der Waals surface area contributed by atoms with Gasteiger partial charge in [0.05, 0.1) is 10.6 Å². The summed E-state index contributed by atoms with van der Waals surface area (Å²) in [7, 11) is 2.22. The fourth-order valence-corrected chi connectivity index (χ4v) is 4.32. The fourth-order valence-electron chi connectivity index (χ4n) is 3.66. The van der Waals surface area contributed by atoms with Crippen LogP contribution in [-0.2, 0) is 6.54 Å². The van der Waals surface area contributed by atoms with Crippen LogP contribution in [0.5, 0.6) is 0 Å².